The van der Waals surface area contributed by atoms with Crippen LogP contribution in [0.5, 0.6) is 0 Å². The minimum atomic E-state index is -0.123. The summed E-state index contributed by atoms with van der Waals surface area (Å²) in [5.74, 6) is 0.938. The summed E-state index contributed by atoms with van der Waals surface area (Å²) in [7, 11) is 0. The number of nitrogens with one attached hydrogen (secondary N) is 1. The molecule has 2 rings (SSSR count). The molecular weight excluding hydrogens is 385 g/mol. The third-order valence-corrected chi connectivity index (χ3v) is 4.45. The Balaban J connectivity index is 2.50. The maximum Gasteiger partial charge on any atom is 0.264 e. The maximum absolute atomic E-state index is 11.9. The Labute approximate surface area is 127 Å². The number of hydrogen-bond donors (Lipinski definition) is 1. The highest BCUT2D eigenvalue weighted by atomic mass is 127. The molecule has 1 N–H and O–H groups in total. The molecule has 0 saturated carbocycles. The van der Waals surface area contributed by atoms with Gasteiger partial charge in [-0.1, -0.05) is 36.8 Å². The predicted molar refractivity (Wildman–Crippen MR) is 82.2 cm³/mol. The Kier molecular flexibility index (Phi) is 4.39. The van der Waals surface area contributed by atoms with Crippen LogP contribution < -0.4 is 5.56 Å². The molecule has 0 radical (unpaired) electrons. The first-order chi connectivity index (χ1) is 8.47. The average Bonchev–Trinajstić information content (AvgIpc) is 2.70. The van der Waals surface area contributed by atoms with Gasteiger partial charge >= 0.3 is 0 Å². The highest BCUT2D eigenvalue weighted by molar-refractivity contribution is 14.1. The van der Waals surface area contributed by atoms with E-state index in [9.17, 15) is 4.79 Å². The van der Waals surface area contributed by atoms with Crippen LogP contribution in [0.3, 0.4) is 0 Å². The zero-order valence-electron chi connectivity index (χ0n) is 9.83. The monoisotopic (exact) mass is 395 g/mol. The summed E-state index contributed by atoms with van der Waals surface area (Å²) in [6.07, 6.45) is 2.33. The predicted octanol–water partition coefficient (Wildman–Crippen LogP) is 3.35. The fraction of sp³-hybridized carbons (Fsp3) is 0.364. The van der Waals surface area contributed by atoms with Crippen molar-refractivity contribution in [2.24, 2.45) is 5.92 Å². The number of thiazole rings is 1. The SMILES string of the molecule is CC(C)Cc1nc(-c2ncc(Cl)s2)[nH]c(=O)c1I. The van der Waals surface area contributed by atoms with E-state index in [0.29, 0.717) is 24.7 Å². The van der Waals surface area contributed by atoms with Crippen molar-refractivity contribution in [3.05, 3.63) is 30.2 Å². The smallest absolute Gasteiger partial charge is 0.264 e. The summed E-state index contributed by atoms with van der Waals surface area (Å²) in [6, 6.07) is 0. The van der Waals surface area contributed by atoms with E-state index < -0.39 is 0 Å². The van der Waals surface area contributed by atoms with Gasteiger partial charge in [0.25, 0.3) is 5.56 Å². The van der Waals surface area contributed by atoms with Crippen LogP contribution in [0.1, 0.15) is 19.5 Å². The fourth-order valence-electron chi connectivity index (χ4n) is 1.49. The Hall–Kier alpha value is -0.470. The van der Waals surface area contributed by atoms with Gasteiger partial charge in [0.05, 0.1) is 15.5 Å². The maximum atomic E-state index is 11.9. The van der Waals surface area contributed by atoms with Crippen LogP contribution in [0.4, 0.5) is 0 Å². The van der Waals surface area contributed by atoms with E-state index in [2.05, 4.69) is 28.8 Å². The topological polar surface area (TPSA) is 58.6 Å². The minimum absolute atomic E-state index is 0.123. The van der Waals surface area contributed by atoms with E-state index in [1.54, 1.807) is 6.20 Å². The van der Waals surface area contributed by atoms with Crippen molar-refractivity contribution in [2.45, 2.75) is 20.3 Å². The first-order valence-electron chi connectivity index (χ1n) is 5.37. The lowest BCUT2D eigenvalue weighted by Gasteiger charge is -2.07. The summed E-state index contributed by atoms with van der Waals surface area (Å²) in [4.78, 5) is 23.2. The van der Waals surface area contributed by atoms with E-state index in [0.717, 1.165) is 12.1 Å². The van der Waals surface area contributed by atoms with Crippen LogP contribution in [-0.4, -0.2) is 15.0 Å². The molecule has 0 spiro atoms. The summed E-state index contributed by atoms with van der Waals surface area (Å²) in [5.41, 5.74) is 0.693. The van der Waals surface area contributed by atoms with Crippen molar-refractivity contribution in [1.82, 2.24) is 15.0 Å². The van der Waals surface area contributed by atoms with Crippen molar-refractivity contribution in [1.29, 1.82) is 0 Å². The zero-order chi connectivity index (χ0) is 13.3. The molecule has 18 heavy (non-hydrogen) atoms. The normalized spacial score (nSPS) is 11.2. The van der Waals surface area contributed by atoms with E-state index in [-0.39, 0.29) is 5.56 Å². The molecule has 2 aromatic rings. The highest BCUT2D eigenvalue weighted by Crippen LogP contribution is 2.25. The Bertz CT molecular complexity index is 623. The van der Waals surface area contributed by atoms with Crippen molar-refractivity contribution in [2.75, 3.05) is 0 Å². The summed E-state index contributed by atoms with van der Waals surface area (Å²) < 4.78 is 1.23. The second-order valence-electron chi connectivity index (χ2n) is 4.24. The number of aromatic amines is 1. The van der Waals surface area contributed by atoms with Crippen molar-refractivity contribution >= 4 is 45.5 Å². The van der Waals surface area contributed by atoms with Crippen LogP contribution in [0.2, 0.25) is 4.34 Å². The van der Waals surface area contributed by atoms with Crippen LogP contribution in [0.15, 0.2) is 11.0 Å². The molecule has 0 aromatic carbocycles. The van der Waals surface area contributed by atoms with Crippen molar-refractivity contribution < 1.29 is 0 Å². The third kappa shape index (κ3) is 3.10. The van der Waals surface area contributed by atoms with Gasteiger partial charge in [-0.2, -0.15) is 0 Å². The lowest BCUT2D eigenvalue weighted by molar-refractivity contribution is 0.631. The number of aromatic nitrogens is 3. The molecular formula is C11H11ClIN3OS. The van der Waals surface area contributed by atoms with Crippen molar-refractivity contribution in [3.63, 3.8) is 0 Å². The number of rotatable bonds is 3. The molecule has 0 atom stereocenters. The van der Waals surface area contributed by atoms with Crippen LogP contribution in [-0.2, 0) is 6.42 Å². The molecule has 0 unspecified atom stereocenters. The quantitative estimate of drug-likeness (QED) is 0.811. The summed E-state index contributed by atoms with van der Waals surface area (Å²) >= 11 is 9.17. The van der Waals surface area contributed by atoms with Gasteiger partial charge in [-0.3, -0.25) is 4.79 Å². The molecule has 0 saturated heterocycles. The molecule has 0 fully saturated rings. The largest absolute Gasteiger partial charge is 0.304 e. The molecule has 0 aliphatic carbocycles. The Morgan fingerprint density at radius 3 is 2.83 bits per heavy atom. The number of nitrogens with zero attached hydrogens (tertiary/aromatic N) is 2. The van der Waals surface area contributed by atoms with Gasteiger partial charge in [-0.25, -0.2) is 9.97 Å². The van der Waals surface area contributed by atoms with Gasteiger partial charge in [0, 0.05) is 0 Å². The molecule has 7 heteroatoms. The van der Waals surface area contributed by atoms with Gasteiger partial charge in [0.2, 0.25) is 0 Å². The number of halogens is 2. The van der Waals surface area contributed by atoms with Crippen LogP contribution >= 0.6 is 45.5 Å². The summed E-state index contributed by atoms with van der Waals surface area (Å²) in [6.45, 7) is 4.19. The molecule has 0 bridgehead atoms. The van der Waals surface area contributed by atoms with Gasteiger partial charge in [-0.05, 0) is 34.9 Å². The summed E-state index contributed by atoms with van der Waals surface area (Å²) in [5, 5.41) is 0.638. The Morgan fingerprint density at radius 2 is 2.28 bits per heavy atom. The molecule has 96 valence electrons. The van der Waals surface area contributed by atoms with Crippen LogP contribution in [0.25, 0.3) is 10.8 Å². The van der Waals surface area contributed by atoms with E-state index in [4.69, 9.17) is 11.6 Å². The highest BCUT2D eigenvalue weighted by Gasteiger charge is 2.13. The number of H-pyrrole nitrogens is 1. The molecule has 4 nitrogen and oxygen atoms in total. The number of hydrogen-bond acceptors (Lipinski definition) is 4. The average molecular weight is 396 g/mol. The van der Waals surface area contributed by atoms with Crippen LogP contribution in [0, 0.1) is 9.49 Å². The van der Waals surface area contributed by atoms with Gasteiger partial charge in [0.15, 0.2) is 10.8 Å². The second kappa shape index (κ2) is 5.66. The molecule has 0 amide bonds. The van der Waals surface area contributed by atoms with Crippen molar-refractivity contribution in [3.8, 4) is 10.8 Å². The lowest BCUT2D eigenvalue weighted by atomic mass is 10.1. The van der Waals surface area contributed by atoms with E-state index >= 15 is 0 Å². The van der Waals surface area contributed by atoms with Gasteiger partial charge in [0.1, 0.15) is 4.34 Å². The lowest BCUT2D eigenvalue weighted by Crippen LogP contribution is -2.17. The fourth-order valence-corrected chi connectivity index (χ4v) is 2.83. The molecule has 2 aromatic heterocycles. The molecule has 2 heterocycles. The first kappa shape index (κ1) is 14.0. The van der Waals surface area contributed by atoms with Gasteiger partial charge in [-0.15, -0.1) is 0 Å². The first-order valence-corrected chi connectivity index (χ1v) is 7.65. The Morgan fingerprint density at radius 1 is 1.56 bits per heavy atom. The molecule has 0 aliphatic heterocycles. The minimum Gasteiger partial charge on any atom is -0.304 e. The third-order valence-electron chi connectivity index (χ3n) is 2.21. The van der Waals surface area contributed by atoms with E-state index in [1.165, 1.54) is 11.3 Å². The van der Waals surface area contributed by atoms with E-state index in [1.807, 2.05) is 22.6 Å². The standard InChI is InChI=1S/C11H11ClIN3OS/c1-5(2)3-6-8(13)10(17)16-9(15-6)11-14-4-7(12)18-11/h4-5H,3H2,1-2H3,(H,15,16,17). The van der Waals surface area contributed by atoms with Gasteiger partial charge < -0.3 is 4.98 Å². The zero-order valence-corrected chi connectivity index (χ0v) is 13.6. The second-order valence-corrected chi connectivity index (χ2v) is 6.98. The molecule has 0 aliphatic rings.